The first-order valence-electron chi connectivity index (χ1n) is 11.5. The molecule has 2 aliphatic heterocycles. The molecule has 1 unspecified atom stereocenters. The quantitative estimate of drug-likeness (QED) is 0.703. The highest BCUT2D eigenvalue weighted by molar-refractivity contribution is 5.33. The molecule has 148 valence electrons. The van der Waals surface area contributed by atoms with E-state index in [4.69, 9.17) is 0 Å². The van der Waals surface area contributed by atoms with Gasteiger partial charge in [-0.2, -0.15) is 0 Å². The molecule has 2 heterocycles. The maximum Gasteiger partial charge on any atom is 0.0382 e. The van der Waals surface area contributed by atoms with Gasteiger partial charge >= 0.3 is 0 Å². The predicted molar refractivity (Wildman–Crippen MR) is 116 cm³/mol. The molecular formula is C26H34N2. The number of hydrogen-bond donors (Lipinski definition) is 0. The molecule has 0 radical (unpaired) electrons. The summed E-state index contributed by atoms with van der Waals surface area (Å²) in [5.41, 5.74) is 4.74. The zero-order valence-electron chi connectivity index (χ0n) is 17.1. The lowest BCUT2D eigenvalue weighted by molar-refractivity contribution is 0.0399. The first-order chi connectivity index (χ1) is 13.9. The third-order valence-electron chi connectivity index (χ3n) is 7.49. The Morgan fingerprint density at radius 3 is 2.25 bits per heavy atom. The number of nitrogens with zero attached hydrogens (tertiary/aromatic N) is 2. The summed E-state index contributed by atoms with van der Waals surface area (Å²) in [6.45, 7) is 4.87. The lowest BCUT2D eigenvalue weighted by Gasteiger charge is -2.47. The molecule has 1 atom stereocenters. The molecule has 2 nitrogen and oxygen atoms in total. The van der Waals surface area contributed by atoms with Crippen LogP contribution in [0.15, 0.2) is 54.6 Å². The number of fused-ring (bicyclic) bond motifs is 1. The highest BCUT2D eigenvalue weighted by atomic mass is 15.2. The van der Waals surface area contributed by atoms with Gasteiger partial charge in [0, 0.05) is 25.2 Å². The molecule has 0 spiro atoms. The molecule has 0 N–H and O–H groups in total. The fraction of sp³-hybridized carbons (Fsp3) is 0.538. The molecule has 1 aliphatic carbocycles. The van der Waals surface area contributed by atoms with Crippen molar-refractivity contribution >= 4 is 0 Å². The van der Waals surface area contributed by atoms with Gasteiger partial charge in [0.2, 0.25) is 0 Å². The summed E-state index contributed by atoms with van der Waals surface area (Å²) in [5.74, 6) is 0.879. The molecule has 3 aliphatic rings. The fourth-order valence-electron chi connectivity index (χ4n) is 6.08. The lowest BCUT2D eigenvalue weighted by Crippen LogP contribution is -2.49. The van der Waals surface area contributed by atoms with Crippen molar-refractivity contribution in [2.75, 3.05) is 19.6 Å². The molecular weight excluding hydrogens is 340 g/mol. The van der Waals surface area contributed by atoms with E-state index < -0.39 is 0 Å². The van der Waals surface area contributed by atoms with Crippen molar-refractivity contribution in [1.82, 2.24) is 9.80 Å². The summed E-state index contributed by atoms with van der Waals surface area (Å²) in [7, 11) is 0. The zero-order valence-corrected chi connectivity index (χ0v) is 17.1. The van der Waals surface area contributed by atoms with Gasteiger partial charge in [-0.05, 0) is 67.8 Å². The summed E-state index contributed by atoms with van der Waals surface area (Å²) in [6, 6.07) is 21.8. The summed E-state index contributed by atoms with van der Waals surface area (Å²) in [6.07, 6.45) is 9.64. The van der Waals surface area contributed by atoms with E-state index in [2.05, 4.69) is 64.4 Å². The van der Waals surface area contributed by atoms with Crippen LogP contribution < -0.4 is 0 Å². The Labute approximate surface area is 170 Å². The van der Waals surface area contributed by atoms with Crippen molar-refractivity contribution in [3.8, 4) is 0 Å². The average molecular weight is 375 g/mol. The van der Waals surface area contributed by atoms with Gasteiger partial charge in [-0.3, -0.25) is 9.80 Å². The molecule has 1 saturated heterocycles. The second-order valence-electron chi connectivity index (χ2n) is 9.17. The van der Waals surface area contributed by atoms with Crippen molar-refractivity contribution in [3.63, 3.8) is 0 Å². The van der Waals surface area contributed by atoms with E-state index in [0.717, 1.165) is 18.5 Å². The van der Waals surface area contributed by atoms with Gasteiger partial charge in [0.25, 0.3) is 0 Å². The third-order valence-corrected chi connectivity index (χ3v) is 7.49. The fourth-order valence-corrected chi connectivity index (χ4v) is 6.08. The second kappa shape index (κ2) is 8.39. The van der Waals surface area contributed by atoms with E-state index in [1.807, 2.05) is 0 Å². The van der Waals surface area contributed by atoms with Crippen molar-refractivity contribution < 1.29 is 0 Å². The minimum absolute atomic E-state index is 0.679. The smallest absolute Gasteiger partial charge is 0.0382 e. The molecule has 5 rings (SSSR count). The van der Waals surface area contributed by atoms with Crippen LogP contribution in [0.25, 0.3) is 0 Å². The van der Waals surface area contributed by atoms with Gasteiger partial charge in [0.1, 0.15) is 0 Å². The summed E-state index contributed by atoms with van der Waals surface area (Å²) >= 11 is 0. The highest BCUT2D eigenvalue weighted by Gasteiger charge is 2.38. The molecule has 2 aromatic rings. The van der Waals surface area contributed by atoms with E-state index in [0.29, 0.717) is 6.04 Å². The molecule has 2 aromatic carbocycles. The Hall–Kier alpha value is -1.64. The van der Waals surface area contributed by atoms with E-state index in [1.165, 1.54) is 70.1 Å². The second-order valence-corrected chi connectivity index (χ2v) is 9.17. The van der Waals surface area contributed by atoms with Crippen LogP contribution in [0.2, 0.25) is 0 Å². The maximum atomic E-state index is 2.94. The maximum absolute atomic E-state index is 2.94. The minimum atomic E-state index is 0.679. The standard InChI is InChI=1S/C26H34N2/c1-2-8-21(9-3-1)20-27-17-15-24(16-18-27)28-19-14-22-10-6-7-13-25(22)26(28)23-11-4-5-12-23/h1-3,6-10,13,23-24,26H,4-5,11-12,14-20H2. The predicted octanol–water partition coefficient (Wildman–Crippen LogP) is 5.44. The van der Waals surface area contributed by atoms with Gasteiger partial charge < -0.3 is 0 Å². The van der Waals surface area contributed by atoms with Crippen LogP contribution >= 0.6 is 0 Å². The van der Waals surface area contributed by atoms with Crippen LogP contribution in [0.4, 0.5) is 0 Å². The van der Waals surface area contributed by atoms with E-state index in [9.17, 15) is 0 Å². The molecule has 0 amide bonds. The van der Waals surface area contributed by atoms with Crippen molar-refractivity contribution in [2.24, 2.45) is 5.92 Å². The Morgan fingerprint density at radius 1 is 0.750 bits per heavy atom. The summed E-state index contributed by atoms with van der Waals surface area (Å²) in [5, 5.41) is 0. The number of hydrogen-bond acceptors (Lipinski definition) is 2. The third kappa shape index (κ3) is 3.77. The van der Waals surface area contributed by atoms with Crippen molar-refractivity contribution in [3.05, 3.63) is 71.3 Å². The summed E-state index contributed by atoms with van der Waals surface area (Å²) < 4.78 is 0. The molecule has 1 saturated carbocycles. The molecule has 2 fully saturated rings. The Morgan fingerprint density at radius 2 is 1.46 bits per heavy atom. The van der Waals surface area contributed by atoms with Gasteiger partial charge in [-0.25, -0.2) is 0 Å². The number of likely N-dealkylation sites (tertiary alicyclic amines) is 1. The van der Waals surface area contributed by atoms with Crippen molar-refractivity contribution in [2.45, 2.75) is 63.6 Å². The largest absolute Gasteiger partial charge is 0.299 e. The molecule has 2 heteroatoms. The average Bonchev–Trinajstić information content (AvgIpc) is 3.29. The minimum Gasteiger partial charge on any atom is -0.299 e. The Balaban J connectivity index is 1.29. The van der Waals surface area contributed by atoms with Crippen LogP contribution in [-0.4, -0.2) is 35.5 Å². The lowest BCUT2D eigenvalue weighted by atomic mass is 9.82. The Bertz CT molecular complexity index is 757. The first kappa shape index (κ1) is 18.4. The van der Waals surface area contributed by atoms with E-state index >= 15 is 0 Å². The zero-order chi connectivity index (χ0) is 18.8. The summed E-state index contributed by atoms with van der Waals surface area (Å²) in [4.78, 5) is 5.60. The van der Waals surface area contributed by atoms with Crippen LogP contribution in [0.1, 0.15) is 61.3 Å². The monoisotopic (exact) mass is 374 g/mol. The van der Waals surface area contributed by atoms with Gasteiger partial charge in [-0.1, -0.05) is 67.4 Å². The molecule has 0 bridgehead atoms. The van der Waals surface area contributed by atoms with Crippen molar-refractivity contribution in [1.29, 1.82) is 0 Å². The van der Waals surface area contributed by atoms with Gasteiger partial charge in [0.05, 0.1) is 0 Å². The number of piperidine rings is 1. The number of benzene rings is 2. The van der Waals surface area contributed by atoms with Crippen LogP contribution in [0.3, 0.4) is 0 Å². The van der Waals surface area contributed by atoms with Crippen LogP contribution in [0.5, 0.6) is 0 Å². The topological polar surface area (TPSA) is 6.48 Å². The highest BCUT2D eigenvalue weighted by Crippen LogP contribution is 2.44. The SMILES string of the molecule is c1ccc(CN2CCC(N3CCc4ccccc4C3C3CCCC3)CC2)cc1. The van der Waals surface area contributed by atoms with Crippen LogP contribution in [-0.2, 0) is 13.0 Å². The first-order valence-corrected chi connectivity index (χ1v) is 11.5. The van der Waals surface area contributed by atoms with E-state index in [1.54, 1.807) is 11.1 Å². The van der Waals surface area contributed by atoms with Crippen LogP contribution in [0, 0.1) is 5.92 Å². The number of rotatable bonds is 4. The van der Waals surface area contributed by atoms with Gasteiger partial charge in [-0.15, -0.1) is 0 Å². The normalized spacial score (nSPS) is 25.1. The molecule has 28 heavy (non-hydrogen) atoms. The molecule has 0 aromatic heterocycles. The van der Waals surface area contributed by atoms with Gasteiger partial charge in [0.15, 0.2) is 0 Å². The Kier molecular flexibility index (Phi) is 5.51. The van der Waals surface area contributed by atoms with E-state index in [-0.39, 0.29) is 0 Å².